The summed E-state index contributed by atoms with van der Waals surface area (Å²) in [6.07, 6.45) is 1.71. The first kappa shape index (κ1) is 20.9. The van der Waals surface area contributed by atoms with Gasteiger partial charge in [0.2, 0.25) is 15.2 Å². The zero-order chi connectivity index (χ0) is 21.3. The highest BCUT2D eigenvalue weighted by Crippen LogP contribution is 2.28. The van der Waals surface area contributed by atoms with Crippen LogP contribution in [0.2, 0.25) is 5.02 Å². The molecule has 0 unspecified atom stereocenters. The van der Waals surface area contributed by atoms with E-state index in [0.29, 0.717) is 33.8 Å². The number of sulfonamides is 1. The molecule has 0 bridgehead atoms. The number of carbonyl (C=O) groups excluding carboxylic acids is 1. The molecule has 1 aliphatic rings. The summed E-state index contributed by atoms with van der Waals surface area (Å²) in [4.78, 5) is 12.9. The molecular formula is C20H19ClN4O3S2. The Hall–Kier alpha value is -2.33. The predicted molar refractivity (Wildman–Crippen MR) is 117 cm³/mol. The van der Waals surface area contributed by atoms with E-state index in [2.05, 4.69) is 15.5 Å². The van der Waals surface area contributed by atoms with Gasteiger partial charge in [-0.15, -0.1) is 10.2 Å². The van der Waals surface area contributed by atoms with Gasteiger partial charge in [-0.3, -0.25) is 10.1 Å². The van der Waals surface area contributed by atoms with Crippen molar-refractivity contribution in [1.82, 2.24) is 14.5 Å². The third kappa shape index (κ3) is 4.24. The molecule has 30 heavy (non-hydrogen) atoms. The molecule has 4 rings (SSSR count). The van der Waals surface area contributed by atoms with Gasteiger partial charge in [0.25, 0.3) is 5.91 Å². The van der Waals surface area contributed by atoms with Crippen LogP contribution in [0.5, 0.6) is 0 Å². The van der Waals surface area contributed by atoms with Crippen molar-refractivity contribution >= 4 is 44.0 Å². The second-order valence-corrected chi connectivity index (χ2v) is 10.3. The molecule has 156 valence electrons. The Morgan fingerprint density at radius 3 is 2.50 bits per heavy atom. The summed E-state index contributed by atoms with van der Waals surface area (Å²) < 4.78 is 27.3. The van der Waals surface area contributed by atoms with E-state index in [-0.39, 0.29) is 10.5 Å². The van der Waals surface area contributed by atoms with Crippen molar-refractivity contribution in [2.24, 2.45) is 0 Å². The minimum Gasteiger partial charge on any atom is -0.296 e. The summed E-state index contributed by atoms with van der Waals surface area (Å²) >= 11 is 7.13. The molecular weight excluding hydrogens is 444 g/mol. The highest BCUT2D eigenvalue weighted by Gasteiger charge is 2.29. The number of hydrogen-bond acceptors (Lipinski definition) is 6. The fraction of sp³-hybridized carbons (Fsp3) is 0.250. The predicted octanol–water partition coefficient (Wildman–Crippen LogP) is 4.20. The molecule has 1 N–H and O–H groups in total. The number of benzene rings is 2. The molecule has 0 atom stereocenters. The standard InChI is InChI=1S/C20H19ClN4O3S2/c1-13-4-5-15(12-17(13)30(27,28)25-10-2-3-11-25)18(26)22-20-24-23-19(29-20)14-6-8-16(21)9-7-14/h4-9,12H,2-3,10-11H2,1H3,(H,22,24,26). The van der Waals surface area contributed by atoms with Gasteiger partial charge >= 0.3 is 0 Å². The molecule has 3 aromatic rings. The number of hydrogen-bond donors (Lipinski definition) is 1. The van der Waals surface area contributed by atoms with E-state index in [1.54, 1.807) is 31.2 Å². The maximum atomic E-state index is 12.9. The lowest BCUT2D eigenvalue weighted by Crippen LogP contribution is -2.28. The Morgan fingerprint density at radius 2 is 1.80 bits per heavy atom. The van der Waals surface area contributed by atoms with Gasteiger partial charge < -0.3 is 0 Å². The van der Waals surface area contributed by atoms with E-state index in [1.165, 1.54) is 21.7 Å². The number of halogens is 1. The zero-order valence-corrected chi connectivity index (χ0v) is 18.5. The molecule has 0 radical (unpaired) electrons. The molecule has 1 aromatic heterocycles. The van der Waals surface area contributed by atoms with E-state index in [1.807, 2.05) is 12.1 Å². The average molecular weight is 463 g/mol. The maximum absolute atomic E-state index is 12.9. The van der Waals surface area contributed by atoms with Crippen molar-refractivity contribution in [3.8, 4) is 10.6 Å². The highest BCUT2D eigenvalue weighted by atomic mass is 35.5. The van der Waals surface area contributed by atoms with Crippen LogP contribution in [0, 0.1) is 6.92 Å². The third-order valence-corrected chi connectivity index (χ3v) is 8.05. The number of anilines is 1. The second-order valence-electron chi connectivity index (χ2n) is 6.96. The highest BCUT2D eigenvalue weighted by molar-refractivity contribution is 7.89. The lowest BCUT2D eigenvalue weighted by molar-refractivity contribution is 0.102. The Bertz CT molecular complexity index is 1190. The van der Waals surface area contributed by atoms with Crippen LogP contribution in [-0.4, -0.2) is 41.9 Å². The first-order valence-corrected chi connectivity index (χ1v) is 12.0. The van der Waals surface area contributed by atoms with Crippen molar-refractivity contribution in [3.63, 3.8) is 0 Å². The van der Waals surface area contributed by atoms with Crippen LogP contribution in [0.4, 0.5) is 5.13 Å². The summed E-state index contributed by atoms with van der Waals surface area (Å²) in [6.45, 7) is 2.75. The number of nitrogens with one attached hydrogen (secondary N) is 1. The maximum Gasteiger partial charge on any atom is 0.257 e. The SMILES string of the molecule is Cc1ccc(C(=O)Nc2nnc(-c3ccc(Cl)cc3)s2)cc1S(=O)(=O)N1CCCC1. The molecule has 1 saturated heterocycles. The average Bonchev–Trinajstić information content (AvgIpc) is 3.41. The Labute approximate surface area is 183 Å². The number of amides is 1. The van der Waals surface area contributed by atoms with Gasteiger partial charge in [0, 0.05) is 29.2 Å². The first-order valence-electron chi connectivity index (χ1n) is 9.36. The van der Waals surface area contributed by atoms with Crippen LogP contribution in [0.1, 0.15) is 28.8 Å². The van der Waals surface area contributed by atoms with E-state index < -0.39 is 15.9 Å². The molecule has 2 aromatic carbocycles. The van der Waals surface area contributed by atoms with E-state index in [4.69, 9.17) is 11.6 Å². The molecule has 7 nitrogen and oxygen atoms in total. The number of aromatic nitrogens is 2. The van der Waals surface area contributed by atoms with Crippen molar-refractivity contribution in [3.05, 3.63) is 58.6 Å². The largest absolute Gasteiger partial charge is 0.296 e. The molecule has 0 aliphatic carbocycles. The smallest absolute Gasteiger partial charge is 0.257 e. The number of nitrogens with zero attached hydrogens (tertiary/aromatic N) is 3. The molecule has 2 heterocycles. The molecule has 10 heteroatoms. The third-order valence-electron chi connectivity index (χ3n) is 4.87. The van der Waals surface area contributed by atoms with Gasteiger partial charge in [0.15, 0.2) is 0 Å². The fourth-order valence-electron chi connectivity index (χ4n) is 3.24. The summed E-state index contributed by atoms with van der Waals surface area (Å²) in [6, 6.07) is 11.8. The summed E-state index contributed by atoms with van der Waals surface area (Å²) in [5, 5.41) is 12.4. The van der Waals surface area contributed by atoms with Gasteiger partial charge in [0.05, 0.1) is 4.90 Å². The molecule has 0 spiro atoms. The Morgan fingerprint density at radius 1 is 1.10 bits per heavy atom. The number of carbonyl (C=O) groups is 1. The monoisotopic (exact) mass is 462 g/mol. The fourth-order valence-corrected chi connectivity index (χ4v) is 5.88. The minimum absolute atomic E-state index is 0.163. The van der Waals surface area contributed by atoms with Crippen LogP contribution >= 0.6 is 22.9 Å². The van der Waals surface area contributed by atoms with Gasteiger partial charge in [0.1, 0.15) is 5.01 Å². The molecule has 1 aliphatic heterocycles. The van der Waals surface area contributed by atoms with Crippen molar-refractivity contribution in [1.29, 1.82) is 0 Å². The Balaban J connectivity index is 1.55. The van der Waals surface area contributed by atoms with Gasteiger partial charge in [-0.25, -0.2) is 8.42 Å². The van der Waals surface area contributed by atoms with E-state index >= 15 is 0 Å². The number of rotatable bonds is 5. The second kappa shape index (κ2) is 8.43. The zero-order valence-electron chi connectivity index (χ0n) is 16.1. The van der Waals surface area contributed by atoms with Crippen molar-refractivity contribution < 1.29 is 13.2 Å². The quantitative estimate of drug-likeness (QED) is 0.613. The van der Waals surface area contributed by atoms with Crippen LogP contribution in [0.15, 0.2) is 47.4 Å². The van der Waals surface area contributed by atoms with Gasteiger partial charge in [-0.1, -0.05) is 41.1 Å². The Kier molecular flexibility index (Phi) is 5.88. The topological polar surface area (TPSA) is 92.3 Å². The molecule has 1 fully saturated rings. The molecule has 0 saturated carbocycles. The van der Waals surface area contributed by atoms with Crippen LogP contribution in [0.25, 0.3) is 10.6 Å². The summed E-state index contributed by atoms with van der Waals surface area (Å²) in [5.74, 6) is -0.438. The van der Waals surface area contributed by atoms with Gasteiger partial charge in [-0.05, 0) is 49.6 Å². The van der Waals surface area contributed by atoms with E-state index in [9.17, 15) is 13.2 Å². The summed E-state index contributed by atoms with van der Waals surface area (Å²) in [7, 11) is -3.62. The normalized spacial score (nSPS) is 14.7. The lowest BCUT2D eigenvalue weighted by atomic mass is 10.1. The van der Waals surface area contributed by atoms with E-state index in [0.717, 1.165) is 18.4 Å². The van der Waals surface area contributed by atoms with Gasteiger partial charge in [-0.2, -0.15) is 4.31 Å². The molecule has 1 amide bonds. The van der Waals surface area contributed by atoms with Crippen LogP contribution in [-0.2, 0) is 10.0 Å². The summed E-state index contributed by atoms with van der Waals surface area (Å²) in [5.41, 5.74) is 1.70. The van der Waals surface area contributed by atoms with Crippen molar-refractivity contribution in [2.75, 3.05) is 18.4 Å². The number of aryl methyl sites for hydroxylation is 1. The lowest BCUT2D eigenvalue weighted by Gasteiger charge is -2.17. The first-order chi connectivity index (χ1) is 14.3. The van der Waals surface area contributed by atoms with Crippen molar-refractivity contribution in [2.45, 2.75) is 24.7 Å². The van der Waals surface area contributed by atoms with Crippen LogP contribution < -0.4 is 5.32 Å². The minimum atomic E-state index is -3.62. The van der Waals surface area contributed by atoms with Crippen LogP contribution in [0.3, 0.4) is 0 Å².